The number of carbonyl (C=O) groups is 2. The molecule has 0 fully saturated rings. The number of nitrogens with one attached hydrogen (secondary N) is 1. The molecule has 0 unspecified atom stereocenters. The van der Waals surface area contributed by atoms with Gasteiger partial charge in [-0.15, -0.1) is 0 Å². The summed E-state index contributed by atoms with van der Waals surface area (Å²) in [5.41, 5.74) is 0.820. The Hall–Kier alpha value is -3.46. The van der Waals surface area contributed by atoms with Gasteiger partial charge in [0.2, 0.25) is 5.17 Å². The van der Waals surface area contributed by atoms with Crippen molar-refractivity contribution in [1.82, 2.24) is 5.01 Å². The van der Waals surface area contributed by atoms with Crippen LogP contribution < -0.4 is 0 Å². The molecule has 0 aliphatic carbocycles. The largest absolute Gasteiger partial charge is 0.478 e. The molecular formula is C20H16N4O4S. The van der Waals surface area contributed by atoms with Crippen LogP contribution in [0, 0.1) is 11.3 Å². The maximum absolute atomic E-state index is 12.4. The number of hydrogen-bond donors (Lipinski definition) is 2. The molecule has 0 atom stereocenters. The van der Waals surface area contributed by atoms with Gasteiger partial charge in [-0.25, -0.2) is 4.79 Å². The molecule has 2 aliphatic heterocycles. The zero-order chi connectivity index (χ0) is 20.7. The molecule has 0 bridgehead atoms. The van der Waals surface area contributed by atoms with Gasteiger partial charge in [-0.2, -0.15) is 15.1 Å². The Morgan fingerprint density at radius 3 is 2.83 bits per heavy atom. The first-order chi connectivity index (χ1) is 13.8. The number of rotatable bonds is 4. The van der Waals surface area contributed by atoms with E-state index < -0.39 is 11.9 Å². The molecule has 0 radical (unpaired) electrons. The van der Waals surface area contributed by atoms with E-state index >= 15 is 0 Å². The Kier molecular flexibility index (Phi) is 4.67. The van der Waals surface area contributed by atoms with Gasteiger partial charge in [0.15, 0.2) is 5.84 Å². The lowest BCUT2D eigenvalue weighted by molar-refractivity contribution is -0.114. The summed E-state index contributed by atoms with van der Waals surface area (Å²) in [7, 11) is 0. The van der Waals surface area contributed by atoms with Gasteiger partial charge in [0.25, 0.3) is 5.91 Å². The molecule has 3 heterocycles. The fourth-order valence-corrected chi connectivity index (χ4v) is 3.67. The van der Waals surface area contributed by atoms with Gasteiger partial charge in [0.05, 0.1) is 11.1 Å². The second-order valence-electron chi connectivity index (χ2n) is 6.70. The predicted octanol–water partition coefficient (Wildman–Crippen LogP) is 3.92. The quantitative estimate of drug-likeness (QED) is 0.740. The van der Waals surface area contributed by atoms with E-state index in [2.05, 4.69) is 10.1 Å². The lowest BCUT2D eigenvalue weighted by Crippen LogP contribution is -2.35. The summed E-state index contributed by atoms with van der Waals surface area (Å²) in [4.78, 5) is 27.6. The molecule has 2 aliphatic rings. The smallest absolute Gasteiger partial charge is 0.335 e. The SMILES string of the molecule is CC(C)C1=NN2C(=N)/C(=C/c3ccc(-c4cccc(C(=O)O)c4)o3)C(=O)N=C2S1. The second-order valence-corrected chi connectivity index (χ2v) is 7.69. The van der Waals surface area contributed by atoms with Gasteiger partial charge < -0.3 is 9.52 Å². The lowest BCUT2D eigenvalue weighted by Gasteiger charge is -2.19. The lowest BCUT2D eigenvalue weighted by atomic mass is 10.1. The Bertz CT molecular complexity index is 1140. The Balaban J connectivity index is 1.64. The van der Waals surface area contributed by atoms with Crippen molar-refractivity contribution in [1.29, 1.82) is 5.41 Å². The van der Waals surface area contributed by atoms with Crippen LogP contribution in [0.3, 0.4) is 0 Å². The van der Waals surface area contributed by atoms with E-state index in [1.54, 1.807) is 24.3 Å². The number of thioether (sulfide) groups is 1. The molecule has 8 nitrogen and oxygen atoms in total. The average Bonchev–Trinajstić information content (AvgIpc) is 3.32. The molecule has 4 rings (SSSR count). The number of carboxylic acids is 1. The van der Waals surface area contributed by atoms with Crippen molar-refractivity contribution in [3.05, 3.63) is 53.3 Å². The molecule has 1 amide bonds. The number of benzene rings is 1. The Morgan fingerprint density at radius 2 is 2.10 bits per heavy atom. The van der Waals surface area contributed by atoms with Crippen LogP contribution in [0.1, 0.15) is 30.0 Å². The topological polar surface area (TPSA) is 119 Å². The minimum absolute atomic E-state index is 0.0611. The molecule has 1 aromatic heterocycles. The Morgan fingerprint density at radius 1 is 1.31 bits per heavy atom. The van der Waals surface area contributed by atoms with Gasteiger partial charge in [0.1, 0.15) is 16.6 Å². The van der Waals surface area contributed by atoms with Crippen LogP contribution in [-0.4, -0.2) is 38.0 Å². The number of aromatic carboxylic acids is 1. The van der Waals surface area contributed by atoms with E-state index in [1.807, 2.05) is 13.8 Å². The Labute approximate surface area is 170 Å². The van der Waals surface area contributed by atoms with Crippen LogP contribution in [0.25, 0.3) is 17.4 Å². The number of furan rings is 1. The van der Waals surface area contributed by atoms with Crippen molar-refractivity contribution in [3.63, 3.8) is 0 Å². The van der Waals surface area contributed by atoms with Gasteiger partial charge in [0, 0.05) is 11.5 Å². The summed E-state index contributed by atoms with van der Waals surface area (Å²) >= 11 is 1.29. The number of hydrogen-bond acceptors (Lipinski definition) is 6. The predicted molar refractivity (Wildman–Crippen MR) is 111 cm³/mol. The monoisotopic (exact) mass is 408 g/mol. The van der Waals surface area contributed by atoms with Crippen LogP contribution in [0.2, 0.25) is 0 Å². The zero-order valence-electron chi connectivity index (χ0n) is 15.5. The number of aliphatic imine (C=N–C) groups is 1. The van der Waals surface area contributed by atoms with E-state index in [0.717, 1.165) is 5.04 Å². The maximum atomic E-state index is 12.4. The van der Waals surface area contributed by atoms with E-state index in [9.17, 15) is 9.59 Å². The highest BCUT2D eigenvalue weighted by molar-refractivity contribution is 8.27. The van der Waals surface area contributed by atoms with E-state index in [-0.39, 0.29) is 22.9 Å². The van der Waals surface area contributed by atoms with Crippen molar-refractivity contribution < 1.29 is 19.1 Å². The molecule has 29 heavy (non-hydrogen) atoms. The van der Waals surface area contributed by atoms with Crippen molar-refractivity contribution >= 4 is 45.8 Å². The first kappa shape index (κ1) is 18.9. The van der Waals surface area contributed by atoms with Gasteiger partial charge >= 0.3 is 5.97 Å². The summed E-state index contributed by atoms with van der Waals surface area (Å²) in [6, 6.07) is 9.69. The van der Waals surface area contributed by atoms with Crippen LogP contribution in [-0.2, 0) is 4.79 Å². The van der Waals surface area contributed by atoms with E-state index in [4.69, 9.17) is 14.9 Å². The van der Waals surface area contributed by atoms with Crippen molar-refractivity contribution in [3.8, 4) is 11.3 Å². The number of amidine groups is 2. The minimum atomic E-state index is -1.03. The summed E-state index contributed by atoms with van der Waals surface area (Å²) < 4.78 is 5.75. The van der Waals surface area contributed by atoms with Crippen molar-refractivity contribution in [2.45, 2.75) is 13.8 Å². The molecule has 1 aromatic carbocycles. The maximum Gasteiger partial charge on any atom is 0.335 e. The fourth-order valence-electron chi connectivity index (χ4n) is 2.77. The molecule has 0 saturated heterocycles. The number of carbonyl (C=O) groups excluding carboxylic acids is 1. The number of fused-ring (bicyclic) bond motifs is 1. The first-order valence-corrected chi connectivity index (χ1v) is 9.59. The highest BCUT2D eigenvalue weighted by Crippen LogP contribution is 2.31. The number of amides is 1. The summed E-state index contributed by atoms with van der Waals surface area (Å²) in [5.74, 6) is -0.643. The number of carboxylic acid groups (broad SMARTS) is 1. The van der Waals surface area contributed by atoms with Crippen LogP contribution in [0.15, 0.2) is 56.5 Å². The third-order valence-corrected chi connectivity index (χ3v) is 5.48. The van der Waals surface area contributed by atoms with Gasteiger partial charge in [-0.3, -0.25) is 10.2 Å². The van der Waals surface area contributed by atoms with Crippen LogP contribution >= 0.6 is 11.8 Å². The standard InChI is InChI=1S/C20H16N4O4S/c1-10(2)18-23-24-16(21)14(17(25)22-20(24)29-18)9-13-6-7-15(28-13)11-4-3-5-12(8-11)19(26)27/h3-10,21H,1-2H3,(H,26,27)/b14-9-,21-16?. The average molecular weight is 408 g/mol. The first-order valence-electron chi connectivity index (χ1n) is 8.77. The molecule has 2 N–H and O–H groups in total. The third-order valence-electron chi connectivity index (χ3n) is 4.27. The summed E-state index contributed by atoms with van der Waals surface area (Å²) in [6.07, 6.45) is 1.45. The van der Waals surface area contributed by atoms with Crippen LogP contribution in [0.4, 0.5) is 0 Å². The highest BCUT2D eigenvalue weighted by atomic mass is 32.2. The zero-order valence-corrected chi connectivity index (χ0v) is 16.4. The molecule has 146 valence electrons. The van der Waals surface area contributed by atoms with Gasteiger partial charge in [-0.1, -0.05) is 26.0 Å². The number of nitrogens with zero attached hydrogens (tertiary/aromatic N) is 3. The molecule has 0 spiro atoms. The molecular weight excluding hydrogens is 392 g/mol. The third kappa shape index (κ3) is 3.52. The summed E-state index contributed by atoms with van der Waals surface area (Å²) in [5, 5.41) is 24.4. The van der Waals surface area contributed by atoms with Gasteiger partial charge in [-0.05, 0) is 42.1 Å². The number of hydrazone groups is 1. The van der Waals surface area contributed by atoms with Crippen LogP contribution in [0.5, 0.6) is 0 Å². The summed E-state index contributed by atoms with van der Waals surface area (Å²) in [6.45, 7) is 3.97. The molecule has 2 aromatic rings. The molecule has 0 saturated carbocycles. The highest BCUT2D eigenvalue weighted by Gasteiger charge is 2.36. The minimum Gasteiger partial charge on any atom is -0.478 e. The van der Waals surface area contributed by atoms with Crippen molar-refractivity contribution in [2.24, 2.45) is 16.0 Å². The van der Waals surface area contributed by atoms with E-state index in [1.165, 1.54) is 35.0 Å². The van der Waals surface area contributed by atoms with Crippen molar-refractivity contribution in [2.75, 3.05) is 0 Å². The van der Waals surface area contributed by atoms with E-state index in [0.29, 0.717) is 22.3 Å². The fraction of sp³-hybridized carbons (Fsp3) is 0.150. The second kappa shape index (κ2) is 7.17. The normalized spacial score (nSPS) is 17.6. The molecule has 9 heteroatoms.